The number of nitrogens with zero attached hydrogens (tertiary/aromatic N) is 1. The first kappa shape index (κ1) is 9.33. The highest BCUT2D eigenvalue weighted by Crippen LogP contribution is 2.28. The summed E-state index contributed by atoms with van der Waals surface area (Å²) in [5.74, 6) is -1.75. The Hall–Kier alpha value is -1.23. The lowest BCUT2D eigenvalue weighted by Crippen LogP contribution is -1.89. The standard InChI is InChI=1S/C9H5BrF2N2/c10-6-4-13-14-9(6)5-2-1-3-7(11)8(5)12/h1-4H,(H,13,14). The zero-order valence-corrected chi connectivity index (χ0v) is 8.48. The average molecular weight is 259 g/mol. The Labute approximate surface area is 87.1 Å². The van der Waals surface area contributed by atoms with Gasteiger partial charge in [0, 0.05) is 5.56 Å². The van der Waals surface area contributed by atoms with Crippen LogP contribution in [0.25, 0.3) is 11.3 Å². The van der Waals surface area contributed by atoms with Gasteiger partial charge < -0.3 is 0 Å². The van der Waals surface area contributed by atoms with E-state index in [0.29, 0.717) is 10.2 Å². The van der Waals surface area contributed by atoms with E-state index in [2.05, 4.69) is 26.1 Å². The van der Waals surface area contributed by atoms with E-state index in [1.807, 2.05) is 0 Å². The fourth-order valence-corrected chi connectivity index (χ4v) is 1.56. The molecule has 2 rings (SSSR count). The van der Waals surface area contributed by atoms with Crippen molar-refractivity contribution in [2.45, 2.75) is 0 Å². The van der Waals surface area contributed by atoms with Crippen molar-refractivity contribution >= 4 is 15.9 Å². The monoisotopic (exact) mass is 258 g/mol. The summed E-state index contributed by atoms with van der Waals surface area (Å²) < 4.78 is 26.8. The second kappa shape index (κ2) is 3.49. The number of rotatable bonds is 1. The number of aromatic amines is 1. The van der Waals surface area contributed by atoms with E-state index in [9.17, 15) is 8.78 Å². The van der Waals surface area contributed by atoms with E-state index < -0.39 is 11.6 Å². The Morgan fingerprint density at radius 3 is 2.71 bits per heavy atom. The van der Waals surface area contributed by atoms with Crippen LogP contribution >= 0.6 is 15.9 Å². The SMILES string of the molecule is Fc1cccc(-c2[nH]ncc2Br)c1F. The lowest BCUT2D eigenvalue weighted by atomic mass is 10.1. The van der Waals surface area contributed by atoms with Gasteiger partial charge in [0.15, 0.2) is 11.6 Å². The predicted molar refractivity (Wildman–Crippen MR) is 51.6 cm³/mol. The molecule has 0 bridgehead atoms. The molecule has 0 aliphatic heterocycles. The Bertz CT molecular complexity index is 468. The lowest BCUT2D eigenvalue weighted by molar-refractivity contribution is 0.511. The third kappa shape index (κ3) is 1.43. The first-order valence-corrected chi connectivity index (χ1v) is 4.62. The molecular weight excluding hydrogens is 254 g/mol. The van der Waals surface area contributed by atoms with Gasteiger partial charge in [0.05, 0.1) is 16.4 Å². The highest BCUT2D eigenvalue weighted by atomic mass is 79.9. The molecule has 0 atom stereocenters. The van der Waals surface area contributed by atoms with Gasteiger partial charge in [-0.15, -0.1) is 0 Å². The van der Waals surface area contributed by atoms with Crippen molar-refractivity contribution in [3.05, 3.63) is 40.5 Å². The fraction of sp³-hybridized carbons (Fsp3) is 0. The topological polar surface area (TPSA) is 28.7 Å². The van der Waals surface area contributed by atoms with Crippen LogP contribution in [0.3, 0.4) is 0 Å². The van der Waals surface area contributed by atoms with Gasteiger partial charge in [0.2, 0.25) is 0 Å². The van der Waals surface area contributed by atoms with Crippen molar-refractivity contribution in [3.8, 4) is 11.3 Å². The van der Waals surface area contributed by atoms with E-state index in [1.54, 1.807) is 0 Å². The van der Waals surface area contributed by atoms with Crippen LogP contribution in [0.1, 0.15) is 0 Å². The molecule has 0 saturated carbocycles. The molecule has 0 unspecified atom stereocenters. The van der Waals surface area contributed by atoms with Crippen LogP contribution in [0.4, 0.5) is 8.78 Å². The van der Waals surface area contributed by atoms with Crippen LogP contribution < -0.4 is 0 Å². The number of benzene rings is 1. The molecule has 0 aliphatic carbocycles. The minimum Gasteiger partial charge on any atom is -0.277 e. The molecule has 0 amide bonds. The third-order valence-electron chi connectivity index (χ3n) is 1.81. The van der Waals surface area contributed by atoms with Gasteiger partial charge in [-0.3, -0.25) is 5.10 Å². The van der Waals surface area contributed by atoms with Gasteiger partial charge in [0.25, 0.3) is 0 Å². The zero-order valence-electron chi connectivity index (χ0n) is 6.89. The van der Waals surface area contributed by atoms with E-state index in [0.717, 1.165) is 6.07 Å². The number of aromatic nitrogens is 2. The predicted octanol–water partition coefficient (Wildman–Crippen LogP) is 3.12. The molecule has 0 radical (unpaired) electrons. The number of hydrogen-bond donors (Lipinski definition) is 1. The molecule has 2 aromatic rings. The normalized spacial score (nSPS) is 10.5. The van der Waals surface area contributed by atoms with Crippen molar-refractivity contribution in [1.29, 1.82) is 0 Å². The number of halogens is 3. The smallest absolute Gasteiger partial charge is 0.168 e. The minimum absolute atomic E-state index is 0.161. The van der Waals surface area contributed by atoms with Crippen LogP contribution in [0.2, 0.25) is 0 Å². The second-order valence-corrected chi connectivity index (χ2v) is 3.55. The van der Waals surface area contributed by atoms with Crippen LogP contribution in [-0.2, 0) is 0 Å². The maximum atomic E-state index is 13.3. The summed E-state index contributed by atoms with van der Waals surface area (Å²) in [6, 6.07) is 4.00. The fourth-order valence-electron chi connectivity index (χ4n) is 1.16. The summed E-state index contributed by atoms with van der Waals surface area (Å²) >= 11 is 3.18. The molecule has 14 heavy (non-hydrogen) atoms. The summed E-state index contributed by atoms with van der Waals surface area (Å²) in [6.45, 7) is 0. The Kier molecular flexibility index (Phi) is 2.33. The molecule has 0 aliphatic rings. The Balaban J connectivity index is 2.63. The van der Waals surface area contributed by atoms with Gasteiger partial charge in [-0.1, -0.05) is 6.07 Å². The molecule has 2 nitrogen and oxygen atoms in total. The third-order valence-corrected chi connectivity index (χ3v) is 2.42. The highest BCUT2D eigenvalue weighted by molar-refractivity contribution is 9.10. The van der Waals surface area contributed by atoms with Gasteiger partial charge >= 0.3 is 0 Å². The number of hydrogen-bond acceptors (Lipinski definition) is 1. The first-order valence-electron chi connectivity index (χ1n) is 3.83. The molecule has 0 fully saturated rings. The molecule has 1 heterocycles. The van der Waals surface area contributed by atoms with Crippen LogP contribution in [0, 0.1) is 11.6 Å². The molecule has 1 aromatic heterocycles. The largest absolute Gasteiger partial charge is 0.277 e. The molecule has 0 spiro atoms. The molecular formula is C9H5BrF2N2. The van der Waals surface area contributed by atoms with E-state index in [4.69, 9.17) is 0 Å². The van der Waals surface area contributed by atoms with Crippen molar-refractivity contribution in [2.24, 2.45) is 0 Å². The van der Waals surface area contributed by atoms with E-state index in [1.165, 1.54) is 18.3 Å². The second-order valence-electron chi connectivity index (χ2n) is 2.69. The zero-order chi connectivity index (χ0) is 10.1. The molecule has 72 valence electrons. The van der Waals surface area contributed by atoms with Crippen molar-refractivity contribution in [2.75, 3.05) is 0 Å². The molecule has 5 heteroatoms. The Morgan fingerprint density at radius 2 is 2.07 bits per heavy atom. The number of nitrogens with one attached hydrogen (secondary N) is 1. The van der Waals surface area contributed by atoms with Crippen molar-refractivity contribution < 1.29 is 8.78 Å². The Morgan fingerprint density at radius 1 is 1.29 bits per heavy atom. The first-order chi connectivity index (χ1) is 6.70. The summed E-state index contributed by atoms with van der Waals surface area (Å²) in [4.78, 5) is 0. The molecule has 0 saturated heterocycles. The lowest BCUT2D eigenvalue weighted by Gasteiger charge is -2.01. The maximum Gasteiger partial charge on any atom is 0.168 e. The maximum absolute atomic E-state index is 13.3. The van der Waals surface area contributed by atoms with Crippen LogP contribution in [-0.4, -0.2) is 10.2 Å². The van der Waals surface area contributed by atoms with Gasteiger partial charge in [-0.05, 0) is 28.1 Å². The van der Waals surface area contributed by atoms with Gasteiger partial charge in [0.1, 0.15) is 0 Å². The highest BCUT2D eigenvalue weighted by Gasteiger charge is 2.13. The van der Waals surface area contributed by atoms with Crippen molar-refractivity contribution in [1.82, 2.24) is 10.2 Å². The van der Waals surface area contributed by atoms with Gasteiger partial charge in [-0.25, -0.2) is 8.78 Å². The summed E-state index contributed by atoms with van der Waals surface area (Å²) in [6.07, 6.45) is 1.49. The van der Waals surface area contributed by atoms with Gasteiger partial charge in [-0.2, -0.15) is 5.10 Å². The van der Waals surface area contributed by atoms with Crippen LogP contribution in [0.5, 0.6) is 0 Å². The summed E-state index contributed by atoms with van der Waals surface area (Å²) in [5.41, 5.74) is 0.594. The molecule has 1 N–H and O–H groups in total. The molecule has 1 aromatic carbocycles. The summed E-state index contributed by atoms with van der Waals surface area (Å²) in [5, 5.41) is 6.29. The van der Waals surface area contributed by atoms with E-state index >= 15 is 0 Å². The van der Waals surface area contributed by atoms with E-state index in [-0.39, 0.29) is 5.56 Å². The average Bonchev–Trinajstić information content (AvgIpc) is 2.57. The number of H-pyrrole nitrogens is 1. The van der Waals surface area contributed by atoms with Crippen LogP contribution in [0.15, 0.2) is 28.9 Å². The van der Waals surface area contributed by atoms with Crippen molar-refractivity contribution in [3.63, 3.8) is 0 Å². The quantitative estimate of drug-likeness (QED) is 0.837. The minimum atomic E-state index is -0.877. The summed E-state index contributed by atoms with van der Waals surface area (Å²) in [7, 11) is 0.